The first-order chi connectivity index (χ1) is 8.40. The molecule has 7 heteroatoms. The van der Waals surface area contributed by atoms with Gasteiger partial charge in [-0.3, -0.25) is 9.48 Å². The summed E-state index contributed by atoms with van der Waals surface area (Å²) < 4.78 is 1.49. The highest BCUT2D eigenvalue weighted by Gasteiger charge is 2.23. The van der Waals surface area contributed by atoms with E-state index in [9.17, 15) is 9.59 Å². The largest absolute Gasteiger partial charge is 0.479 e. The van der Waals surface area contributed by atoms with E-state index in [0.717, 1.165) is 0 Å². The lowest BCUT2D eigenvalue weighted by molar-refractivity contribution is -0.141. The third-order valence-corrected chi connectivity index (χ3v) is 2.28. The Morgan fingerprint density at radius 1 is 1.50 bits per heavy atom. The molecule has 1 atom stereocenters. The molecule has 7 nitrogen and oxygen atoms in total. The van der Waals surface area contributed by atoms with Crippen molar-refractivity contribution < 1.29 is 14.7 Å². The van der Waals surface area contributed by atoms with Gasteiger partial charge in [-0.15, -0.1) is 0 Å². The average molecular weight is 254 g/mol. The zero-order valence-corrected chi connectivity index (χ0v) is 10.7. The Morgan fingerprint density at radius 3 is 2.61 bits per heavy atom. The van der Waals surface area contributed by atoms with Crippen molar-refractivity contribution in [1.82, 2.24) is 20.4 Å². The average Bonchev–Trinajstić information content (AvgIpc) is 2.69. The summed E-state index contributed by atoms with van der Waals surface area (Å²) in [4.78, 5) is 22.7. The molecule has 18 heavy (non-hydrogen) atoms. The van der Waals surface area contributed by atoms with E-state index in [-0.39, 0.29) is 18.5 Å². The molecule has 0 fully saturated rings. The van der Waals surface area contributed by atoms with Crippen molar-refractivity contribution in [1.29, 1.82) is 0 Å². The molecule has 0 aliphatic carbocycles. The highest BCUT2D eigenvalue weighted by molar-refractivity contribution is 5.85. The number of hydrogen-bond donors (Lipinski definition) is 3. The highest BCUT2D eigenvalue weighted by atomic mass is 16.4. The quantitative estimate of drug-likeness (QED) is 0.645. The van der Waals surface area contributed by atoms with Crippen molar-refractivity contribution in [2.24, 2.45) is 7.05 Å². The van der Waals surface area contributed by atoms with Crippen LogP contribution in [0.5, 0.6) is 0 Å². The molecule has 1 amide bonds. The number of hydrogen-bond acceptors (Lipinski definition) is 4. The molecule has 0 aliphatic heterocycles. The number of nitrogens with one attached hydrogen (secondary N) is 2. The molecule has 1 unspecified atom stereocenters. The number of amides is 1. The molecular formula is C11H18N4O3. The molecule has 0 radical (unpaired) electrons. The molecule has 0 bridgehead atoms. The monoisotopic (exact) mass is 254 g/mol. The maximum Gasteiger partial charge on any atom is 0.331 e. The lowest BCUT2D eigenvalue weighted by Gasteiger charge is -2.14. The third-order valence-electron chi connectivity index (χ3n) is 2.28. The molecule has 100 valence electrons. The molecule has 0 saturated carbocycles. The van der Waals surface area contributed by atoms with Gasteiger partial charge in [0.05, 0.1) is 12.7 Å². The molecule has 1 aromatic rings. The van der Waals surface area contributed by atoms with Gasteiger partial charge in [-0.1, -0.05) is 13.8 Å². The fraction of sp³-hybridized carbons (Fsp3) is 0.545. The second kappa shape index (κ2) is 6.15. The van der Waals surface area contributed by atoms with Gasteiger partial charge in [0.1, 0.15) is 0 Å². The predicted octanol–water partition coefficient (Wildman–Crippen LogP) is -0.340. The first-order valence-corrected chi connectivity index (χ1v) is 5.64. The molecular weight excluding hydrogens is 236 g/mol. The Morgan fingerprint density at radius 2 is 2.17 bits per heavy atom. The highest BCUT2D eigenvalue weighted by Crippen LogP contribution is 2.11. The number of nitrogens with zero attached hydrogens (tertiary/aromatic N) is 2. The number of rotatable bonds is 6. The van der Waals surface area contributed by atoms with Gasteiger partial charge < -0.3 is 15.7 Å². The minimum atomic E-state index is -1.11. The van der Waals surface area contributed by atoms with E-state index in [2.05, 4.69) is 15.7 Å². The Balaban J connectivity index is 2.64. The van der Waals surface area contributed by atoms with Crippen molar-refractivity contribution in [3.05, 3.63) is 18.0 Å². The van der Waals surface area contributed by atoms with Crippen molar-refractivity contribution in [2.45, 2.75) is 25.9 Å². The van der Waals surface area contributed by atoms with Gasteiger partial charge in [0, 0.05) is 24.8 Å². The Kier molecular flexibility index (Phi) is 4.85. The Labute approximate surface area is 105 Å². The summed E-state index contributed by atoms with van der Waals surface area (Å²) in [6, 6.07) is -0.905. The molecule has 1 heterocycles. The number of aromatic nitrogens is 2. The summed E-state index contributed by atoms with van der Waals surface area (Å²) in [5, 5.41) is 18.3. The van der Waals surface area contributed by atoms with E-state index < -0.39 is 12.0 Å². The summed E-state index contributed by atoms with van der Waals surface area (Å²) >= 11 is 0. The van der Waals surface area contributed by atoms with Gasteiger partial charge in [-0.25, -0.2) is 4.79 Å². The van der Waals surface area contributed by atoms with E-state index >= 15 is 0 Å². The maximum absolute atomic E-state index is 11.6. The van der Waals surface area contributed by atoms with Crippen LogP contribution in [0.4, 0.5) is 0 Å². The minimum Gasteiger partial charge on any atom is -0.479 e. The summed E-state index contributed by atoms with van der Waals surface area (Å²) in [5.74, 6) is -1.47. The lowest BCUT2D eigenvalue weighted by Crippen LogP contribution is -2.40. The van der Waals surface area contributed by atoms with E-state index in [4.69, 9.17) is 5.11 Å². The minimum absolute atomic E-state index is 0.0850. The fourth-order valence-electron chi connectivity index (χ4n) is 1.39. The summed E-state index contributed by atoms with van der Waals surface area (Å²) in [7, 11) is 1.69. The second-order valence-electron chi connectivity index (χ2n) is 4.32. The van der Waals surface area contributed by atoms with Crippen molar-refractivity contribution in [2.75, 3.05) is 6.54 Å². The van der Waals surface area contributed by atoms with Crippen LogP contribution in [0.3, 0.4) is 0 Å². The van der Waals surface area contributed by atoms with Crippen LogP contribution in [0.1, 0.15) is 25.5 Å². The number of aliphatic carboxylic acids is 1. The normalized spacial score (nSPS) is 12.4. The molecule has 3 N–H and O–H groups in total. The Bertz CT molecular complexity index is 428. The zero-order chi connectivity index (χ0) is 13.7. The van der Waals surface area contributed by atoms with Crippen molar-refractivity contribution in [3.8, 4) is 0 Å². The van der Waals surface area contributed by atoms with Crippen molar-refractivity contribution >= 4 is 11.9 Å². The van der Waals surface area contributed by atoms with Crippen LogP contribution in [0.25, 0.3) is 0 Å². The van der Waals surface area contributed by atoms with Crippen LogP contribution in [0.15, 0.2) is 12.4 Å². The van der Waals surface area contributed by atoms with Gasteiger partial charge in [0.25, 0.3) is 0 Å². The number of carbonyl (C=O) groups excluding carboxylic acids is 1. The number of carbonyl (C=O) groups is 2. The van der Waals surface area contributed by atoms with Crippen LogP contribution < -0.4 is 10.6 Å². The smallest absolute Gasteiger partial charge is 0.331 e. The van der Waals surface area contributed by atoms with Gasteiger partial charge >= 0.3 is 5.97 Å². The first-order valence-electron chi connectivity index (χ1n) is 5.64. The van der Waals surface area contributed by atoms with E-state index in [0.29, 0.717) is 5.56 Å². The first kappa shape index (κ1) is 14.2. The van der Waals surface area contributed by atoms with Gasteiger partial charge in [-0.2, -0.15) is 5.10 Å². The molecule has 1 aromatic heterocycles. The van der Waals surface area contributed by atoms with Crippen LogP contribution in [-0.2, 0) is 16.6 Å². The SMILES string of the molecule is CC(C)NCC(=O)NC(C(=O)O)c1cnn(C)c1. The zero-order valence-electron chi connectivity index (χ0n) is 10.7. The molecule has 0 spiro atoms. The lowest BCUT2D eigenvalue weighted by atomic mass is 10.1. The fourth-order valence-corrected chi connectivity index (χ4v) is 1.39. The molecule has 1 rings (SSSR count). The molecule has 0 aromatic carbocycles. The standard InChI is InChI=1S/C11H18N4O3/c1-7(2)12-5-9(16)14-10(11(17)18)8-4-13-15(3)6-8/h4,6-7,10,12H,5H2,1-3H3,(H,14,16)(H,17,18). The number of carboxylic acids is 1. The third kappa shape index (κ3) is 4.17. The van der Waals surface area contributed by atoms with Crippen LogP contribution in [-0.4, -0.2) is 39.4 Å². The molecule has 0 saturated heterocycles. The predicted molar refractivity (Wildman–Crippen MR) is 64.9 cm³/mol. The number of carboxylic acid groups (broad SMARTS) is 1. The number of aryl methyl sites for hydroxylation is 1. The van der Waals surface area contributed by atoms with Gasteiger partial charge in [-0.05, 0) is 0 Å². The topological polar surface area (TPSA) is 96.2 Å². The molecule has 0 aliphatic rings. The second-order valence-corrected chi connectivity index (χ2v) is 4.32. The van der Waals surface area contributed by atoms with Crippen molar-refractivity contribution in [3.63, 3.8) is 0 Å². The van der Waals surface area contributed by atoms with Crippen LogP contribution in [0, 0.1) is 0 Å². The van der Waals surface area contributed by atoms with E-state index in [1.165, 1.54) is 10.9 Å². The summed E-state index contributed by atoms with van der Waals surface area (Å²) in [6.07, 6.45) is 2.99. The van der Waals surface area contributed by atoms with E-state index in [1.807, 2.05) is 13.8 Å². The summed E-state index contributed by atoms with van der Waals surface area (Å²) in [5.41, 5.74) is 0.447. The maximum atomic E-state index is 11.6. The van der Waals surface area contributed by atoms with E-state index in [1.54, 1.807) is 13.2 Å². The van der Waals surface area contributed by atoms with Crippen LogP contribution >= 0.6 is 0 Å². The van der Waals surface area contributed by atoms with Gasteiger partial charge in [0.2, 0.25) is 5.91 Å². The van der Waals surface area contributed by atoms with Gasteiger partial charge in [0.15, 0.2) is 6.04 Å². The van der Waals surface area contributed by atoms with Crippen LogP contribution in [0.2, 0.25) is 0 Å². The summed E-state index contributed by atoms with van der Waals surface area (Å²) in [6.45, 7) is 3.90. The Hall–Kier alpha value is -1.89.